The third-order valence-electron chi connectivity index (χ3n) is 4.10. The van der Waals surface area contributed by atoms with Crippen LogP contribution in [0.25, 0.3) is 0 Å². The van der Waals surface area contributed by atoms with Gasteiger partial charge in [-0.25, -0.2) is 4.39 Å². The minimum Gasteiger partial charge on any atom is -0.383 e. The standard InChI is InChI=1S/C16H22FIN2O2/c1-3-13-11-20(7-6-19(13)8-9-22-2)16(21)14-10-12(17)4-5-15(14)18/h4-5,10,13H,3,6-9,11H2,1-2H3. The van der Waals surface area contributed by atoms with Crippen LogP contribution in [-0.4, -0.2) is 61.6 Å². The van der Waals surface area contributed by atoms with Gasteiger partial charge in [0.15, 0.2) is 0 Å². The number of carbonyl (C=O) groups excluding carboxylic acids is 1. The van der Waals surface area contributed by atoms with E-state index in [1.54, 1.807) is 13.2 Å². The van der Waals surface area contributed by atoms with Gasteiger partial charge < -0.3 is 9.64 Å². The Balaban J connectivity index is 2.07. The summed E-state index contributed by atoms with van der Waals surface area (Å²) in [4.78, 5) is 16.9. The number of methoxy groups -OCH3 is 1. The van der Waals surface area contributed by atoms with Crippen molar-refractivity contribution in [2.45, 2.75) is 19.4 Å². The molecule has 1 aliphatic heterocycles. The third-order valence-corrected chi connectivity index (χ3v) is 5.05. The van der Waals surface area contributed by atoms with Crippen LogP contribution in [0.15, 0.2) is 18.2 Å². The Kier molecular flexibility index (Phi) is 6.58. The van der Waals surface area contributed by atoms with Crippen LogP contribution >= 0.6 is 22.6 Å². The lowest BCUT2D eigenvalue weighted by Gasteiger charge is -2.41. The van der Waals surface area contributed by atoms with Gasteiger partial charge >= 0.3 is 0 Å². The Hall–Kier alpha value is -0.730. The second kappa shape index (κ2) is 8.21. The highest BCUT2D eigenvalue weighted by molar-refractivity contribution is 14.1. The zero-order valence-corrected chi connectivity index (χ0v) is 15.2. The fourth-order valence-corrected chi connectivity index (χ4v) is 3.37. The van der Waals surface area contributed by atoms with E-state index >= 15 is 0 Å². The van der Waals surface area contributed by atoms with Gasteiger partial charge in [-0.15, -0.1) is 0 Å². The lowest BCUT2D eigenvalue weighted by Crippen LogP contribution is -2.55. The molecule has 1 amide bonds. The predicted octanol–water partition coefficient (Wildman–Crippen LogP) is 2.61. The van der Waals surface area contributed by atoms with Crippen molar-refractivity contribution >= 4 is 28.5 Å². The maximum atomic E-state index is 13.4. The number of hydrogen-bond donors (Lipinski definition) is 0. The summed E-state index contributed by atoms with van der Waals surface area (Å²) >= 11 is 2.08. The average Bonchev–Trinajstić information content (AvgIpc) is 2.54. The molecule has 1 aliphatic rings. The molecule has 1 fully saturated rings. The number of benzene rings is 1. The van der Waals surface area contributed by atoms with E-state index < -0.39 is 0 Å². The van der Waals surface area contributed by atoms with Crippen LogP contribution in [0.5, 0.6) is 0 Å². The molecule has 6 heteroatoms. The summed E-state index contributed by atoms with van der Waals surface area (Å²) in [7, 11) is 1.70. The second-order valence-corrected chi connectivity index (χ2v) is 6.63. The van der Waals surface area contributed by atoms with Gasteiger partial charge in [-0.3, -0.25) is 9.69 Å². The van der Waals surface area contributed by atoms with E-state index in [4.69, 9.17) is 4.74 Å². The second-order valence-electron chi connectivity index (χ2n) is 5.47. The molecular weight excluding hydrogens is 398 g/mol. The SMILES string of the molecule is CCC1CN(C(=O)c2cc(F)ccc2I)CCN1CCOC. The predicted molar refractivity (Wildman–Crippen MR) is 92.5 cm³/mol. The summed E-state index contributed by atoms with van der Waals surface area (Å²) in [5.41, 5.74) is 0.459. The van der Waals surface area contributed by atoms with Gasteiger partial charge in [0.25, 0.3) is 5.91 Å². The average molecular weight is 420 g/mol. The normalized spacial score (nSPS) is 19.5. The molecule has 0 N–H and O–H groups in total. The highest BCUT2D eigenvalue weighted by Crippen LogP contribution is 2.19. The van der Waals surface area contributed by atoms with Crippen molar-refractivity contribution in [3.63, 3.8) is 0 Å². The van der Waals surface area contributed by atoms with Gasteiger partial charge in [-0.1, -0.05) is 6.92 Å². The van der Waals surface area contributed by atoms with Crippen LogP contribution < -0.4 is 0 Å². The van der Waals surface area contributed by atoms with Gasteiger partial charge in [0, 0.05) is 42.9 Å². The van der Waals surface area contributed by atoms with E-state index in [0.29, 0.717) is 31.3 Å². The van der Waals surface area contributed by atoms with E-state index in [-0.39, 0.29) is 11.7 Å². The molecule has 1 heterocycles. The molecule has 0 saturated carbocycles. The Morgan fingerprint density at radius 1 is 1.45 bits per heavy atom. The van der Waals surface area contributed by atoms with E-state index in [0.717, 1.165) is 23.1 Å². The molecule has 1 aromatic carbocycles. The van der Waals surface area contributed by atoms with Crippen molar-refractivity contribution in [3.8, 4) is 0 Å². The first kappa shape index (κ1) is 17.6. The minimum absolute atomic E-state index is 0.0752. The van der Waals surface area contributed by atoms with Crippen molar-refractivity contribution in [2.24, 2.45) is 0 Å². The molecule has 22 heavy (non-hydrogen) atoms. The number of amides is 1. The summed E-state index contributed by atoms with van der Waals surface area (Å²) in [6.45, 7) is 5.90. The first-order valence-electron chi connectivity index (χ1n) is 7.54. The topological polar surface area (TPSA) is 32.8 Å². The van der Waals surface area contributed by atoms with Crippen LogP contribution in [0.1, 0.15) is 23.7 Å². The summed E-state index contributed by atoms with van der Waals surface area (Å²) in [6, 6.07) is 4.70. The zero-order valence-electron chi connectivity index (χ0n) is 13.0. The van der Waals surface area contributed by atoms with Gasteiger partial charge in [-0.05, 0) is 47.2 Å². The van der Waals surface area contributed by atoms with Crippen LogP contribution in [0.3, 0.4) is 0 Å². The molecule has 1 unspecified atom stereocenters. The van der Waals surface area contributed by atoms with Crippen LogP contribution in [-0.2, 0) is 4.74 Å². The first-order chi connectivity index (χ1) is 10.6. The van der Waals surface area contributed by atoms with Gasteiger partial charge in [-0.2, -0.15) is 0 Å². The summed E-state index contributed by atoms with van der Waals surface area (Å²) < 4.78 is 19.4. The first-order valence-corrected chi connectivity index (χ1v) is 8.62. The van der Waals surface area contributed by atoms with Crippen molar-refractivity contribution in [2.75, 3.05) is 39.9 Å². The number of piperazine rings is 1. The molecule has 0 aliphatic carbocycles. The van der Waals surface area contributed by atoms with E-state index in [2.05, 4.69) is 34.4 Å². The van der Waals surface area contributed by atoms with Gasteiger partial charge in [0.2, 0.25) is 0 Å². The van der Waals surface area contributed by atoms with E-state index in [9.17, 15) is 9.18 Å². The zero-order chi connectivity index (χ0) is 16.1. The van der Waals surface area contributed by atoms with Crippen molar-refractivity contribution in [1.29, 1.82) is 0 Å². The smallest absolute Gasteiger partial charge is 0.255 e. The molecule has 4 nitrogen and oxygen atoms in total. The monoisotopic (exact) mass is 420 g/mol. The molecule has 0 aromatic heterocycles. The largest absolute Gasteiger partial charge is 0.383 e. The summed E-state index contributed by atoms with van der Waals surface area (Å²) in [5.74, 6) is -0.441. The maximum Gasteiger partial charge on any atom is 0.255 e. The number of hydrogen-bond acceptors (Lipinski definition) is 3. The summed E-state index contributed by atoms with van der Waals surface area (Å²) in [6.07, 6.45) is 0.980. The van der Waals surface area contributed by atoms with Crippen molar-refractivity contribution in [3.05, 3.63) is 33.1 Å². The molecule has 0 bridgehead atoms. The highest BCUT2D eigenvalue weighted by atomic mass is 127. The van der Waals surface area contributed by atoms with E-state index in [1.165, 1.54) is 12.1 Å². The Morgan fingerprint density at radius 3 is 2.91 bits per heavy atom. The van der Waals surface area contributed by atoms with Crippen LogP contribution in [0.2, 0.25) is 0 Å². The molecule has 0 spiro atoms. The molecule has 2 rings (SSSR count). The summed E-state index contributed by atoms with van der Waals surface area (Å²) in [5, 5.41) is 0. The number of halogens is 2. The van der Waals surface area contributed by atoms with Crippen LogP contribution in [0.4, 0.5) is 4.39 Å². The third kappa shape index (κ3) is 4.17. The number of carbonyl (C=O) groups is 1. The molecule has 1 saturated heterocycles. The lowest BCUT2D eigenvalue weighted by molar-refractivity contribution is 0.0383. The number of ether oxygens (including phenoxy) is 1. The Morgan fingerprint density at radius 2 is 2.23 bits per heavy atom. The van der Waals surface area contributed by atoms with E-state index in [1.807, 2.05) is 4.90 Å². The fourth-order valence-electron chi connectivity index (χ4n) is 2.80. The molecule has 0 radical (unpaired) electrons. The lowest BCUT2D eigenvalue weighted by atomic mass is 10.1. The molecule has 122 valence electrons. The van der Waals surface area contributed by atoms with Gasteiger partial charge in [0.1, 0.15) is 5.82 Å². The van der Waals surface area contributed by atoms with Gasteiger partial charge in [0.05, 0.1) is 12.2 Å². The van der Waals surface area contributed by atoms with Crippen molar-refractivity contribution in [1.82, 2.24) is 9.80 Å². The van der Waals surface area contributed by atoms with Crippen molar-refractivity contribution < 1.29 is 13.9 Å². The molecule has 1 aromatic rings. The van der Waals surface area contributed by atoms with Crippen LogP contribution in [0, 0.1) is 9.39 Å². The Labute approximate surface area is 144 Å². The maximum absolute atomic E-state index is 13.4. The Bertz CT molecular complexity index is 527. The molecule has 1 atom stereocenters. The number of nitrogens with zero attached hydrogens (tertiary/aromatic N) is 2. The molecular formula is C16H22FIN2O2. The fraction of sp³-hybridized carbons (Fsp3) is 0.562. The highest BCUT2D eigenvalue weighted by Gasteiger charge is 2.29. The minimum atomic E-state index is -0.366. The quantitative estimate of drug-likeness (QED) is 0.687. The number of rotatable bonds is 5.